The van der Waals surface area contributed by atoms with Crippen molar-refractivity contribution in [3.05, 3.63) is 34.6 Å². The molecule has 13 atom stereocenters. The van der Waals surface area contributed by atoms with Crippen LogP contribution >= 0.6 is 0 Å². The zero-order valence-corrected chi connectivity index (χ0v) is 41.5. The molecule has 16 nitrogen and oxygen atoms in total. The second kappa shape index (κ2) is 27.3. The van der Waals surface area contributed by atoms with E-state index in [1.807, 2.05) is 13.8 Å². The third kappa shape index (κ3) is 15.8. The van der Waals surface area contributed by atoms with Gasteiger partial charge in [0.15, 0.2) is 11.6 Å². The molecule has 3 rings (SSSR count). The van der Waals surface area contributed by atoms with Gasteiger partial charge in [0.05, 0.1) is 37.3 Å². The summed E-state index contributed by atoms with van der Waals surface area (Å²) < 4.78 is 28.7. The van der Waals surface area contributed by atoms with E-state index in [0.717, 1.165) is 23.0 Å². The van der Waals surface area contributed by atoms with Crippen molar-refractivity contribution < 1.29 is 72.6 Å². The molecule has 67 heavy (non-hydrogen) atoms. The molecule has 0 radical (unpaired) electrons. The molecule has 0 bridgehead atoms. The zero-order chi connectivity index (χ0) is 50.2. The van der Waals surface area contributed by atoms with Crippen LogP contribution in [0, 0.1) is 29.6 Å². The lowest BCUT2D eigenvalue weighted by Crippen LogP contribution is -2.60. The van der Waals surface area contributed by atoms with Crippen LogP contribution in [0.5, 0.6) is 0 Å². The average molecular weight is 946 g/mol. The number of ether oxygens (including phenoxy) is 5. The van der Waals surface area contributed by atoms with Crippen LogP contribution < -0.4 is 0 Å². The lowest BCUT2D eigenvalue weighted by Gasteiger charge is -2.42. The number of methoxy groups -OCH3 is 3. The second-order valence-corrected chi connectivity index (χ2v) is 19.4. The monoisotopic (exact) mass is 946 g/mol. The predicted octanol–water partition coefficient (Wildman–Crippen LogP) is 5.50. The molecule has 2 unspecified atom stereocenters. The van der Waals surface area contributed by atoms with Crippen molar-refractivity contribution in [2.75, 3.05) is 27.9 Å². The number of carbonyl (C=O) groups is 7. The van der Waals surface area contributed by atoms with Gasteiger partial charge in [-0.25, -0.2) is 4.79 Å². The van der Waals surface area contributed by atoms with E-state index >= 15 is 0 Å². The maximum atomic E-state index is 14.4. The fourth-order valence-corrected chi connectivity index (χ4v) is 9.82. The Kier molecular flexibility index (Phi) is 23.4. The largest absolute Gasteiger partial charge is 0.501 e. The number of likely N-dealkylation sites (tertiary alicyclic amines) is 1. The van der Waals surface area contributed by atoms with Gasteiger partial charge >= 0.3 is 5.97 Å². The van der Waals surface area contributed by atoms with Crippen LogP contribution in [0.4, 0.5) is 0 Å². The number of hydrogen-bond acceptors (Lipinski definition) is 15. The average Bonchev–Trinajstić information content (AvgIpc) is 3.30. The maximum Gasteiger partial charge on any atom is 0.329 e. The minimum absolute atomic E-state index is 0.0456. The standard InChI is InChI=1S/C51H79NO15/c1-30(14-13-22-53)24-34(5)45(57)47(65-10)46(58)35(6)25-32(3)41(56)29-43(33(4)26-37-17-19-40(55)44(27-37)64-9)66-50(61)39-15-11-12-21-52(39)49(60)48(59)51(62)36(7)16-18-38(67-51)28-42(63-8)31(2)20-23-54/h14,22-23,25,33-40,43-44,46-47,55,58,62H,11-13,15-21,24,26-29H2,1-10H3/t33-,34-,35?,36-,37+,38+,39+,40-,43?,44-,46-,47+,51-/m1/s1. The van der Waals surface area contributed by atoms with Crippen molar-refractivity contribution in [3.63, 3.8) is 0 Å². The maximum absolute atomic E-state index is 14.4. The number of ketones is 3. The molecule has 3 N–H and O–H groups in total. The molecular weight excluding hydrogens is 867 g/mol. The molecule has 0 aromatic rings. The number of nitrogens with zero attached hydrogens (tertiary/aromatic N) is 1. The summed E-state index contributed by atoms with van der Waals surface area (Å²) in [5.74, 6) is -8.05. The number of amides is 1. The van der Waals surface area contributed by atoms with Crippen LogP contribution in [0.3, 0.4) is 0 Å². The van der Waals surface area contributed by atoms with Crippen LogP contribution in [0.2, 0.25) is 0 Å². The SMILES string of the molecule is COC(C[C@@H]1CC[C@@H](C)[C@](O)(C(=O)C(=O)N2CCCC[C@H]2C(=O)OC(CC(=O)C(C)=CC(C)[C@@H](O)[C@@H](OC)C(=O)[C@H](C)CC(C)=CCC=O)[C@H](C)C[C@@H]2CC[C@@H](O)[C@H](OC)C2)O1)=C(C)CC=O. The quantitative estimate of drug-likeness (QED) is 0.0243. The van der Waals surface area contributed by atoms with Gasteiger partial charge in [-0.05, 0) is 108 Å². The van der Waals surface area contributed by atoms with Gasteiger partial charge in [-0.3, -0.25) is 19.2 Å². The van der Waals surface area contributed by atoms with E-state index < -0.39 is 77.8 Å². The second-order valence-electron chi connectivity index (χ2n) is 19.4. The van der Waals surface area contributed by atoms with E-state index in [9.17, 15) is 48.9 Å². The lowest BCUT2D eigenvalue weighted by atomic mass is 9.78. The molecule has 3 aliphatic rings. The van der Waals surface area contributed by atoms with Crippen molar-refractivity contribution in [3.8, 4) is 0 Å². The third-order valence-corrected chi connectivity index (χ3v) is 14.2. The number of carbonyl (C=O) groups excluding carboxylic acids is 7. The summed E-state index contributed by atoms with van der Waals surface area (Å²) in [4.78, 5) is 93.2. The molecule has 2 aliphatic heterocycles. The van der Waals surface area contributed by atoms with Crippen molar-refractivity contribution >= 4 is 41.8 Å². The fraction of sp³-hybridized carbons (Fsp3) is 0.745. The molecule has 0 aromatic heterocycles. The van der Waals surface area contributed by atoms with Gasteiger partial charge in [-0.2, -0.15) is 0 Å². The van der Waals surface area contributed by atoms with Gasteiger partial charge in [0.1, 0.15) is 30.8 Å². The molecule has 0 aromatic carbocycles. The highest BCUT2D eigenvalue weighted by atomic mass is 16.6. The van der Waals surface area contributed by atoms with E-state index in [-0.39, 0.29) is 73.7 Å². The molecular formula is C51H79NO15. The Labute approximate surface area is 397 Å². The lowest BCUT2D eigenvalue weighted by molar-refractivity contribution is -0.263. The van der Waals surface area contributed by atoms with Gasteiger partial charge in [-0.15, -0.1) is 0 Å². The number of rotatable bonds is 26. The van der Waals surface area contributed by atoms with Crippen molar-refractivity contribution in [1.82, 2.24) is 4.90 Å². The number of aliphatic hydroxyl groups excluding tert-OH is 2. The Morgan fingerprint density at radius 2 is 1.63 bits per heavy atom. The molecule has 3 fully saturated rings. The Bertz CT molecular complexity index is 1810. The van der Waals surface area contributed by atoms with Gasteiger partial charge in [0.2, 0.25) is 5.79 Å². The zero-order valence-electron chi connectivity index (χ0n) is 41.5. The van der Waals surface area contributed by atoms with Crippen LogP contribution in [0.25, 0.3) is 0 Å². The van der Waals surface area contributed by atoms with Crippen LogP contribution in [0.15, 0.2) is 34.6 Å². The molecule has 1 aliphatic carbocycles. The summed E-state index contributed by atoms with van der Waals surface area (Å²) in [5.41, 5.74) is 1.80. The van der Waals surface area contributed by atoms with E-state index in [1.165, 1.54) is 14.2 Å². The molecule has 378 valence electrons. The van der Waals surface area contributed by atoms with Gasteiger partial charge in [0.25, 0.3) is 11.7 Å². The normalized spacial score (nSPS) is 28.2. The first-order valence-electron chi connectivity index (χ1n) is 24.1. The van der Waals surface area contributed by atoms with E-state index in [1.54, 1.807) is 53.9 Å². The first kappa shape index (κ1) is 57.4. The van der Waals surface area contributed by atoms with E-state index in [0.29, 0.717) is 69.1 Å². The van der Waals surface area contributed by atoms with Crippen molar-refractivity contribution in [1.29, 1.82) is 0 Å². The highest BCUT2D eigenvalue weighted by Gasteiger charge is 2.53. The summed E-state index contributed by atoms with van der Waals surface area (Å²) in [6.07, 6.45) is 4.71. The van der Waals surface area contributed by atoms with Crippen LogP contribution in [-0.2, 0) is 57.2 Å². The summed E-state index contributed by atoms with van der Waals surface area (Å²) in [6, 6.07) is -1.19. The van der Waals surface area contributed by atoms with Gasteiger partial charge in [0, 0.05) is 64.2 Å². The number of aliphatic hydroxyl groups is 3. The molecule has 2 heterocycles. The molecule has 1 saturated carbocycles. The van der Waals surface area contributed by atoms with Crippen molar-refractivity contribution in [2.24, 2.45) is 29.6 Å². The first-order chi connectivity index (χ1) is 31.7. The van der Waals surface area contributed by atoms with Crippen molar-refractivity contribution in [2.45, 2.75) is 187 Å². The van der Waals surface area contributed by atoms with Crippen LogP contribution in [0.1, 0.15) is 138 Å². The number of Topliss-reactive ketones (excluding diaryl/α,β-unsaturated/α-hetero) is 3. The highest BCUT2D eigenvalue weighted by Crippen LogP contribution is 2.38. The number of hydrogen-bond donors (Lipinski definition) is 3. The van der Waals surface area contributed by atoms with E-state index in [4.69, 9.17) is 23.7 Å². The Morgan fingerprint density at radius 3 is 2.25 bits per heavy atom. The predicted molar refractivity (Wildman–Crippen MR) is 248 cm³/mol. The van der Waals surface area contributed by atoms with Crippen LogP contribution in [-0.4, -0.2) is 138 Å². The minimum Gasteiger partial charge on any atom is -0.501 e. The third-order valence-electron chi connectivity index (χ3n) is 14.2. The fourth-order valence-electron chi connectivity index (χ4n) is 9.82. The Morgan fingerprint density at radius 1 is 0.925 bits per heavy atom. The Hall–Kier alpha value is -3.93. The molecule has 16 heteroatoms. The summed E-state index contributed by atoms with van der Waals surface area (Å²) in [5, 5.41) is 33.6. The smallest absolute Gasteiger partial charge is 0.329 e. The van der Waals surface area contributed by atoms with Gasteiger partial charge in [-0.1, -0.05) is 45.4 Å². The first-order valence-corrected chi connectivity index (χ1v) is 24.1. The molecule has 1 amide bonds. The number of allylic oxidation sites excluding steroid dienone is 4. The minimum atomic E-state index is -2.49. The summed E-state index contributed by atoms with van der Waals surface area (Å²) in [6.45, 7) is 12.1. The number of piperidine rings is 1. The topological polar surface area (TPSA) is 230 Å². The summed E-state index contributed by atoms with van der Waals surface area (Å²) >= 11 is 0. The molecule has 0 spiro atoms. The summed E-state index contributed by atoms with van der Waals surface area (Å²) in [7, 11) is 4.34. The number of aldehydes is 2. The number of esters is 1. The Balaban J connectivity index is 1.86. The van der Waals surface area contributed by atoms with E-state index in [2.05, 4.69) is 0 Å². The molecule has 2 saturated heterocycles. The van der Waals surface area contributed by atoms with Gasteiger partial charge < -0.3 is 53.5 Å². The highest BCUT2D eigenvalue weighted by molar-refractivity contribution is 6.39.